The third-order valence-corrected chi connectivity index (χ3v) is 4.26. The number of rotatable bonds is 5. The largest absolute Gasteiger partial charge is 0.492 e. The zero-order valence-corrected chi connectivity index (χ0v) is 13.4. The van der Waals surface area contributed by atoms with Gasteiger partial charge >= 0.3 is 0 Å². The second-order valence-electron chi connectivity index (χ2n) is 5.77. The second kappa shape index (κ2) is 7.11. The quantitative estimate of drug-likeness (QED) is 0.845. The molecule has 0 bridgehead atoms. The number of ether oxygens (including phenoxy) is 1. The lowest BCUT2D eigenvalue weighted by molar-refractivity contribution is 0.134. The monoisotopic (exact) mass is 321 g/mol. The van der Waals surface area contributed by atoms with Gasteiger partial charge < -0.3 is 9.26 Å². The number of pyridine rings is 1. The molecular weight excluding hydrogens is 302 g/mol. The molecule has 6 heteroatoms. The van der Waals surface area contributed by atoms with Crippen LogP contribution in [0, 0.1) is 12.8 Å². The van der Waals surface area contributed by atoms with Crippen LogP contribution in [0.2, 0.25) is 5.02 Å². The van der Waals surface area contributed by atoms with E-state index < -0.39 is 0 Å². The fraction of sp³-hybridized carbons (Fsp3) is 0.500. The van der Waals surface area contributed by atoms with Crippen LogP contribution < -0.4 is 4.74 Å². The van der Waals surface area contributed by atoms with Gasteiger partial charge in [-0.05, 0) is 38.8 Å². The Morgan fingerprint density at radius 3 is 2.91 bits per heavy atom. The number of piperidine rings is 1. The summed E-state index contributed by atoms with van der Waals surface area (Å²) in [5, 5.41) is 4.62. The molecular formula is C16H20ClN3O2. The molecule has 0 amide bonds. The van der Waals surface area contributed by atoms with Crippen molar-refractivity contribution in [3.05, 3.63) is 41.0 Å². The van der Waals surface area contributed by atoms with Crippen LogP contribution in [0.4, 0.5) is 0 Å². The van der Waals surface area contributed by atoms with E-state index in [-0.39, 0.29) is 0 Å². The lowest BCUT2D eigenvalue weighted by atomic mass is 9.97. The average molecular weight is 322 g/mol. The van der Waals surface area contributed by atoms with Gasteiger partial charge in [0.1, 0.15) is 16.5 Å². The molecule has 3 rings (SSSR count). The van der Waals surface area contributed by atoms with E-state index >= 15 is 0 Å². The van der Waals surface area contributed by atoms with Gasteiger partial charge in [0.2, 0.25) is 0 Å². The summed E-state index contributed by atoms with van der Waals surface area (Å²) in [7, 11) is 0. The standard InChI is InChI=1S/C16H20ClN3O2/c1-12-8-14(19-22-12)10-20-6-3-13(4-7-20)11-21-16-2-5-18-9-15(16)17/h2,5,8-9,13H,3-4,6-7,10-11H2,1H3. The molecule has 1 saturated heterocycles. The Morgan fingerprint density at radius 2 is 2.23 bits per heavy atom. The van der Waals surface area contributed by atoms with E-state index in [2.05, 4.69) is 15.0 Å². The van der Waals surface area contributed by atoms with E-state index in [1.54, 1.807) is 12.4 Å². The fourth-order valence-corrected chi connectivity index (χ4v) is 2.89. The first-order valence-electron chi connectivity index (χ1n) is 7.57. The summed E-state index contributed by atoms with van der Waals surface area (Å²) in [6, 6.07) is 3.81. The zero-order chi connectivity index (χ0) is 15.4. The molecule has 2 aromatic rings. The van der Waals surface area contributed by atoms with E-state index in [0.29, 0.717) is 17.5 Å². The molecule has 5 nitrogen and oxygen atoms in total. The van der Waals surface area contributed by atoms with Gasteiger partial charge in [-0.2, -0.15) is 0 Å². The molecule has 118 valence electrons. The van der Waals surface area contributed by atoms with Crippen molar-refractivity contribution in [3.63, 3.8) is 0 Å². The summed E-state index contributed by atoms with van der Waals surface area (Å²) >= 11 is 6.05. The highest BCUT2D eigenvalue weighted by Gasteiger charge is 2.21. The lowest BCUT2D eigenvalue weighted by Gasteiger charge is -2.31. The van der Waals surface area contributed by atoms with Gasteiger partial charge in [0.25, 0.3) is 0 Å². The Hall–Kier alpha value is -1.59. The normalized spacial score (nSPS) is 16.8. The van der Waals surface area contributed by atoms with Crippen molar-refractivity contribution < 1.29 is 9.26 Å². The van der Waals surface area contributed by atoms with Crippen molar-refractivity contribution in [2.75, 3.05) is 19.7 Å². The molecule has 0 atom stereocenters. The topological polar surface area (TPSA) is 51.4 Å². The van der Waals surface area contributed by atoms with E-state index in [1.807, 2.05) is 19.1 Å². The summed E-state index contributed by atoms with van der Waals surface area (Å²) in [5.74, 6) is 2.16. The van der Waals surface area contributed by atoms with Gasteiger partial charge in [0.05, 0.1) is 12.3 Å². The number of aromatic nitrogens is 2. The molecule has 1 fully saturated rings. The third kappa shape index (κ3) is 3.99. The first-order chi connectivity index (χ1) is 10.7. The number of hydrogen-bond acceptors (Lipinski definition) is 5. The molecule has 1 aliphatic heterocycles. The highest BCUT2D eigenvalue weighted by Crippen LogP contribution is 2.25. The number of hydrogen-bond donors (Lipinski definition) is 0. The number of nitrogens with zero attached hydrogens (tertiary/aromatic N) is 3. The molecule has 0 N–H and O–H groups in total. The molecule has 0 aliphatic carbocycles. The van der Waals surface area contributed by atoms with Gasteiger partial charge in [-0.3, -0.25) is 9.88 Å². The second-order valence-corrected chi connectivity index (χ2v) is 6.17. The predicted octanol–water partition coefficient (Wildman–Crippen LogP) is 3.32. The van der Waals surface area contributed by atoms with Crippen molar-refractivity contribution in [3.8, 4) is 5.75 Å². The van der Waals surface area contributed by atoms with Crippen LogP contribution in [-0.2, 0) is 6.54 Å². The van der Waals surface area contributed by atoms with Crippen molar-refractivity contribution in [1.29, 1.82) is 0 Å². The third-order valence-electron chi connectivity index (χ3n) is 3.98. The van der Waals surface area contributed by atoms with Gasteiger partial charge in [0, 0.05) is 31.1 Å². The van der Waals surface area contributed by atoms with Gasteiger partial charge in [0.15, 0.2) is 0 Å². The maximum Gasteiger partial charge on any atom is 0.141 e. The molecule has 0 radical (unpaired) electrons. The van der Waals surface area contributed by atoms with Crippen LogP contribution in [0.3, 0.4) is 0 Å². The summed E-state index contributed by atoms with van der Waals surface area (Å²) in [5.41, 5.74) is 1.01. The summed E-state index contributed by atoms with van der Waals surface area (Å²) in [6.07, 6.45) is 5.56. The Kier molecular flexibility index (Phi) is 4.95. The van der Waals surface area contributed by atoms with Crippen LogP contribution >= 0.6 is 11.6 Å². The van der Waals surface area contributed by atoms with Gasteiger partial charge in [-0.15, -0.1) is 0 Å². The predicted molar refractivity (Wildman–Crippen MR) is 84.0 cm³/mol. The molecule has 0 saturated carbocycles. The zero-order valence-electron chi connectivity index (χ0n) is 12.7. The van der Waals surface area contributed by atoms with Crippen LogP contribution in [-0.4, -0.2) is 34.7 Å². The molecule has 22 heavy (non-hydrogen) atoms. The first kappa shape index (κ1) is 15.3. The summed E-state index contributed by atoms with van der Waals surface area (Å²) in [6.45, 7) is 5.61. The van der Waals surface area contributed by atoms with Crippen LogP contribution in [0.15, 0.2) is 29.0 Å². The summed E-state index contributed by atoms with van der Waals surface area (Å²) < 4.78 is 10.9. The highest BCUT2D eigenvalue weighted by atomic mass is 35.5. The SMILES string of the molecule is Cc1cc(CN2CCC(COc3ccncc3Cl)CC2)no1. The number of aryl methyl sites for hydroxylation is 1. The minimum Gasteiger partial charge on any atom is -0.492 e. The van der Waals surface area contributed by atoms with Crippen LogP contribution in [0.1, 0.15) is 24.3 Å². The lowest BCUT2D eigenvalue weighted by Crippen LogP contribution is -2.35. The van der Waals surface area contributed by atoms with E-state index in [1.165, 1.54) is 0 Å². The molecule has 0 aromatic carbocycles. The molecule has 2 aromatic heterocycles. The number of likely N-dealkylation sites (tertiary alicyclic amines) is 1. The Labute approximate surface area is 135 Å². The van der Waals surface area contributed by atoms with Crippen LogP contribution in [0.5, 0.6) is 5.75 Å². The molecule has 0 unspecified atom stereocenters. The van der Waals surface area contributed by atoms with Crippen molar-refractivity contribution in [1.82, 2.24) is 15.0 Å². The minimum absolute atomic E-state index is 0.569. The van der Waals surface area contributed by atoms with E-state index in [0.717, 1.165) is 49.7 Å². The van der Waals surface area contributed by atoms with E-state index in [4.69, 9.17) is 20.9 Å². The Morgan fingerprint density at radius 1 is 1.41 bits per heavy atom. The Bertz CT molecular complexity index is 609. The van der Waals surface area contributed by atoms with Crippen molar-refractivity contribution >= 4 is 11.6 Å². The van der Waals surface area contributed by atoms with E-state index in [9.17, 15) is 0 Å². The fourth-order valence-electron chi connectivity index (χ4n) is 2.72. The summed E-state index contributed by atoms with van der Waals surface area (Å²) in [4.78, 5) is 6.37. The average Bonchev–Trinajstić information content (AvgIpc) is 2.93. The number of halogens is 1. The maximum absolute atomic E-state index is 6.05. The highest BCUT2D eigenvalue weighted by molar-refractivity contribution is 6.31. The van der Waals surface area contributed by atoms with Crippen molar-refractivity contribution in [2.24, 2.45) is 5.92 Å². The van der Waals surface area contributed by atoms with Gasteiger partial charge in [-0.1, -0.05) is 16.8 Å². The molecule has 1 aliphatic rings. The molecule has 3 heterocycles. The minimum atomic E-state index is 0.569. The van der Waals surface area contributed by atoms with Crippen LogP contribution in [0.25, 0.3) is 0 Å². The first-order valence-corrected chi connectivity index (χ1v) is 7.95. The van der Waals surface area contributed by atoms with Crippen molar-refractivity contribution in [2.45, 2.75) is 26.3 Å². The smallest absolute Gasteiger partial charge is 0.141 e. The van der Waals surface area contributed by atoms with Gasteiger partial charge in [-0.25, -0.2) is 0 Å². The Balaban J connectivity index is 1.43. The maximum atomic E-state index is 6.05. The molecule has 0 spiro atoms.